The third kappa shape index (κ3) is 4.45. The highest BCUT2D eigenvalue weighted by molar-refractivity contribution is 7.90. The molecule has 0 unspecified atom stereocenters. The number of sulfone groups is 1. The first-order valence-electron chi connectivity index (χ1n) is 10.9. The number of hydrogen-bond donors (Lipinski definition) is 0. The monoisotopic (exact) mass is 522 g/mol. The van der Waals surface area contributed by atoms with Crippen molar-refractivity contribution in [3.05, 3.63) is 95.2 Å². The van der Waals surface area contributed by atoms with E-state index < -0.39 is 9.84 Å². The van der Waals surface area contributed by atoms with Crippen molar-refractivity contribution in [1.82, 2.24) is 10.1 Å². The largest absolute Gasteiger partial charge is 0.496 e. The van der Waals surface area contributed by atoms with Crippen LogP contribution in [0.1, 0.15) is 11.3 Å². The minimum absolute atomic E-state index is 0.131. The van der Waals surface area contributed by atoms with E-state index in [1.54, 1.807) is 55.8 Å². The second-order valence-electron chi connectivity index (χ2n) is 8.29. The summed E-state index contributed by atoms with van der Waals surface area (Å²) in [5.74, 6) is -0.104. The summed E-state index contributed by atoms with van der Waals surface area (Å²) in [6.07, 6.45) is 3.01. The molecule has 0 radical (unpaired) electrons. The molecule has 0 saturated heterocycles. The first kappa shape index (κ1) is 24.0. The molecule has 6 nitrogen and oxygen atoms in total. The molecule has 0 amide bonds. The lowest BCUT2D eigenvalue weighted by Gasteiger charge is -2.17. The van der Waals surface area contributed by atoms with Gasteiger partial charge in [0.25, 0.3) is 0 Å². The Morgan fingerprint density at radius 2 is 1.89 bits per heavy atom. The number of benzene rings is 3. The summed E-state index contributed by atoms with van der Waals surface area (Å²) in [6, 6.07) is 16.1. The smallest absolute Gasteiger partial charge is 0.184 e. The minimum Gasteiger partial charge on any atom is -0.496 e. The van der Waals surface area contributed by atoms with E-state index in [1.165, 1.54) is 24.5 Å². The van der Waals surface area contributed by atoms with Crippen molar-refractivity contribution in [1.29, 1.82) is 0 Å². The molecule has 0 aliphatic rings. The lowest BCUT2D eigenvalue weighted by atomic mass is 9.94. The fourth-order valence-corrected chi connectivity index (χ4v) is 5.75. The number of fused-ring (bicyclic) bond motifs is 1. The van der Waals surface area contributed by atoms with E-state index in [-0.39, 0.29) is 16.5 Å². The summed E-state index contributed by atoms with van der Waals surface area (Å²) in [7, 11) is -2.11. The zero-order valence-electron chi connectivity index (χ0n) is 19.3. The molecule has 2 aromatic heterocycles. The number of aryl methyl sites for hydroxylation is 1. The lowest BCUT2D eigenvalue weighted by Crippen LogP contribution is -2.05. The standard InChI is InChI=1S/C27H20ClFN2O4S/c1-16-14-30-25-11-20(36(32,33)15-19-8-9-35-31-19)6-7-21(25)27(16)23-12-24(28)22(13-26(23)34-2)17-4-3-5-18(29)10-17/h3-14H,15H2,1-2H3. The van der Waals surface area contributed by atoms with Gasteiger partial charge in [0.2, 0.25) is 0 Å². The Kier molecular flexibility index (Phi) is 6.24. The molecule has 2 heterocycles. The van der Waals surface area contributed by atoms with E-state index in [4.69, 9.17) is 20.9 Å². The topological polar surface area (TPSA) is 82.3 Å². The van der Waals surface area contributed by atoms with Gasteiger partial charge in [0.1, 0.15) is 23.6 Å². The molecule has 0 aliphatic heterocycles. The van der Waals surface area contributed by atoms with Gasteiger partial charge in [-0.25, -0.2) is 12.8 Å². The number of hydrogen-bond acceptors (Lipinski definition) is 6. The van der Waals surface area contributed by atoms with Gasteiger partial charge in [0.05, 0.1) is 23.2 Å². The molecule has 0 aliphatic carbocycles. The Hall–Kier alpha value is -3.75. The van der Waals surface area contributed by atoms with Gasteiger partial charge in [-0.3, -0.25) is 4.98 Å². The molecule has 0 spiro atoms. The van der Waals surface area contributed by atoms with Gasteiger partial charge in [0, 0.05) is 33.8 Å². The van der Waals surface area contributed by atoms with Gasteiger partial charge in [-0.2, -0.15) is 0 Å². The predicted molar refractivity (Wildman–Crippen MR) is 136 cm³/mol. The molecule has 9 heteroatoms. The van der Waals surface area contributed by atoms with Gasteiger partial charge in [-0.05, 0) is 60.0 Å². The normalized spacial score (nSPS) is 11.7. The van der Waals surface area contributed by atoms with Gasteiger partial charge in [-0.15, -0.1) is 0 Å². The third-order valence-corrected chi connectivity index (χ3v) is 7.87. The molecule has 3 aromatic carbocycles. The fraction of sp³-hybridized carbons (Fsp3) is 0.111. The first-order chi connectivity index (χ1) is 17.3. The van der Waals surface area contributed by atoms with Crippen LogP contribution in [0, 0.1) is 12.7 Å². The zero-order valence-corrected chi connectivity index (χ0v) is 20.9. The van der Waals surface area contributed by atoms with Crippen LogP contribution in [0.5, 0.6) is 5.75 Å². The van der Waals surface area contributed by atoms with Crippen molar-refractivity contribution in [2.45, 2.75) is 17.6 Å². The zero-order chi connectivity index (χ0) is 25.4. The number of nitrogens with zero attached hydrogens (tertiary/aromatic N) is 2. The van der Waals surface area contributed by atoms with Crippen molar-refractivity contribution in [3.8, 4) is 28.0 Å². The van der Waals surface area contributed by atoms with Crippen molar-refractivity contribution >= 4 is 32.3 Å². The maximum absolute atomic E-state index is 13.8. The SMILES string of the molecule is COc1cc(-c2cccc(F)c2)c(Cl)cc1-c1c(C)cnc2cc(S(=O)(=O)Cc3ccon3)ccc12. The highest BCUT2D eigenvalue weighted by Crippen LogP contribution is 2.43. The van der Waals surface area contributed by atoms with E-state index in [1.807, 2.05) is 6.92 Å². The Morgan fingerprint density at radius 1 is 1.06 bits per heavy atom. The number of rotatable bonds is 6. The summed E-state index contributed by atoms with van der Waals surface area (Å²) in [5, 5.41) is 4.86. The van der Waals surface area contributed by atoms with Crippen molar-refractivity contribution in [2.75, 3.05) is 7.11 Å². The van der Waals surface area contributed by atoms with Crippen LogP contribution >= 0.6 is 11.6 Å². The van der Waals surface area contributed by atoms with E-state index in [9.17, 15) is 12.8 Å². The quantitative estimate of drug-likeness (QED) is 0.248. The van der Waals surface area contributed by atoms with Crippen LogP contribution in [0.15, 0.2) is 82.5 Å². The Balaban J connectivity index is 1.64. The number of aromatic nitrogens is 2. The molecule has 0 saturated carbocycles. The molecular formula is C27H20ClFN2O4S. The van der Waals surface area contributed by atoms with Crippen LogP contribution in [0.2, 0.25) is 5.02 Å². The van der Waals surface area contributed by atoms with Crippen molar-refractivity contribution in [3.63, 3.8) is 0 Å². The van der Waals surface area contributed by atoms with Crippen LogP contribution in [-0.4, -0.2) is 25.7 Å². The van der Waals surface area contributed by atoms with Crippen LogP contribution in [0.4, 0.5) is 4.39 Å². The van der Waals surface area contributed by atoms with Crippen LogP contribution in [-0.2, 0) is 15.6 Å². The summed E-state index contributed by atoms with van der Waals surface area (Å²) < 4.78 is 50.1. The number of methoxy groups -OCH3 is 1. The second kappa shape index (κ2) is 9.37. The molecule has 36 heavy (non-hydrogen) atoms. The van der Waals surface area contributed by atoms with Crippen LogP contribution < -0.4 is 4.74 Å². The summed E-state index contributed by atoms with van der Waals surface area (Å²) in [6.45, 7) is 1.91. The average Bonchev–Trinajstić information content (AvgIpc) is 3.36. The molecule has 5 rings (SSSR count). The molecule has 0 fully saturated rings. The van der Waals surface area contributed by atoms with Crippen LogP contribution in [0.3, 0.4) is 0 Å². The van der Waals surface area contributed by atoms with E-state index in [0.717, 1.165) is 16.5 Å². The molecular weight excluding hydrogens is 503 g/mol. The van der Waals surface area contributed by atoms with Gasteiger partial charge < -0.3 is 9.26 Å². The maximum atomic E-state index is 13.8. The number of ether oxygens (including phenoxy) is 1. The van der Waals surface area contributed by atoms with Crippen LogP contribution in [0.25, 0.3) is 33.2 Å². The highest BCUT2D eigenvalue weighted by Gasteiger charge is 2.21. The number of pyridine rings is 1. The van der Waals surface area contributed by atoms with Gasteiger partial charge >= 0.3 is 0 Å². The van der Waals surface area contributed by atoms with Crippen molar-refractivity contribution in [2.24, 2.45) is 0 Å². The van der Waals surface area contributed by atoms with Crippen molar-refractivity contribution < 1.29 is 22.1 Å². The Morgan fingerprint density at radius 3 is 2.61 bits per heavy atom. The number of halogens is 2. The maximum Gasteiger partial charge on any atom is 0.184 e. The first-order valence-corrected chi connectivity index (χ1v) is 12.9. The Bertz CT molecular complexity index is 1700. The summed E-state index contributed by atoms with van der Waals surface area (Å²) in [5.41, 5.74) is 4.47. The molecule has 0 N–H and O–H groups in total. The van der Waals surface area contributed by atoms with Gasteiger partial charge in [0.15, 0.2) is 9.84 Å². The predicted octanol–water partition coefficient (Wildman–Crippen LogP) is 6.64. The fourth-order valence-electron chi connectivity index (χ4n) is 4.21. The minimum atomic E-state index is -3.66. The molecule has 0 atom stereocenters. The van der Waals surface area contributed by atoms with E-state index in [0.29, 0.717) is 38.7 Å². The third-order valence-electron chi connectivity index (χ3n) is 5.91. The van der Waals surface area contributed by atoms with Gasteiger partial charge in [-0.1, -0.05) is 35.0 Å². The van der Waals surface area contributed by atoms with E-state index in [2.05, 4.69) is 10.1 Å². The molecule has 5 aromatic rings. The van der Waals surface area contributed by atoms with E-state index >= 15 is 0 Å². The Labute approximate surface area is 212 Å². The lowest BCUT2D eigenvalue weighted by molar-refractivity contribution is 0.413. The second-order valence-corrected chi connectivity index (χ2v) is 10.7. The molecule has 182 valence electrons. The highest BCUT2D eigenvalue weighted by atomic mass is 35.5. The average molecular weight is 523 g/mol. The summed E-state index contributed by atoms with van der Waals surface area (Å²) in [4.78, 5) is 4.61. The molecule has 0 bridgehead atoms. The summed E-state index contributed by atoms with van der Waals surface area (Å²) >= 11 is 6.66.